The lowest BCUT2D eigenvalue weighted by Crippen LogP contribution is -2.04. The molecule has 0 radical (unpaired) electrons. The summed E-state index contributed by atoms with van der Waals surface area (Å²) in [5, 5.41) is 21.6. The Labute approximate surface area is 201 Å². The first-order valence-electron chi connectivity index (χ1n) is 10.2. The average Bonchev–Trinajstić information content (AvgIpc) is 2.82. The molecule has 0 saturated heterocycles. The number of benzene rings is 3. The predicted molar refractivity (Wildman–Crippen MR) is 130 cm³/mol. The molecule has 0 bridgehead atoms. The number of nitrogens with zero attached hydrogens (tertiary/aromatic N) is 1. The van der Waals surface area contributed by atoms with Crippen LogP contribution in [0.3, 0.4) is 0 Å². The molecule has 0 spiro atoms. The van der Waals surface area contributed by atoms with Gasteiger partial charge in [0.05, 0.1) is 22.2 Å². The highest BCUT2D eigenvalue weighted by molar-refractivity contribution is 7.99. The van der Waals surface area contributed by atoms with Gasteiger partial charge in [0, 0.05) is 17.4 Å². The number of ether oxygens (including phenoxy) is 1. The van der Waals surface area contributed by atoms with Gasteiger partial charge in [0.15, 0.2) is 9.84 Å². The Morgan fingerprint density at radius 1 is 1.03 bits per heavy atom. The van der Waals surface area contributed by atoms with Crippen molar-refractivity contribution in [1.82, 2.24) is 4.98 Å². The van der Waals surface area contributed by atoms with E-state index in [1.165, 1.54) is 23.9 Å². The van der Waals surface area contributed by atoms with Crippen molar-refractivity contribution in [2.75, 3.05) is 12.0 Å². The highest BCUT2D eigenvalue weighted by atomic mass is 32.2. The minimum absolute atomic E-state index is 0.0266. The molecule has 1 heterocycles. The van der Waals surface area contributed by atoms with E-state index in [4.69, 9.17) is 9.84 Å². The first kappa shape index (κ1) is 23.7. The minimum atomic E-state index is -3.72. The molecule has 0 saturated carbocycles. The Bertz CT molecular complexity index is 1450. The van der Waals surface area contributed by atoms with Crippen LogP contribution in [0, 0.1) is 0 Å². The number of hydrogen-bond donors (Lipinski definition) is 2. The van der Waals surface area contributed by atoms with Crippen molar-refractivity contribution >= 4 is 38.5 Å². The van der Waals surface area contributed by atoms with Crippen LogP contribution in [0.4, 0.5) is 0 Å². The molecule has 3 aromatic carbocycles. The molecule has 1 unspecified atom stereocenters. The maximum absolute atomic E-state index is 12.1. The van der Waals surface area contributed by atoms with Crippen LogP contribution in [0.5, 0.6) is 11.5 Å². The molecule has 0 aliphatic heterocycles. The molecule has 4 rings (SSSR count). The molecular weight excluding hydrogens is 474 g/mol. The topological polar surface area (TPSA) is 114 Å². The minimum Gasteiger partial charge on any atom is -0.478 e. The Balaban J connectivity index is 1.45. The van der Waals surface area contributed by atoms with Gasteiger partial charge >= 0.3 is 5.97 Å². The number of para-hydroxylation sites is 1. The summed E-state index contributed by atoms with van der Waals surface area (Å²) in [6.07, 6.45) is 0.247. The molecule has 0 amide bonds. The van der Waals surface area contributed by atoms with E-state index in [1.54, 1.807) is 24.3 Å². The Hall–Kier alpha value is -3.40. The van der Waals surface area contributed by atoms with Crippen molar-refractivity contribution in [1.29, 1.82) is 0 Å². The molecule has 4 aromatic rings. The van der Waals surface area contributed by atoms with Crippen molar-refractivity contribution in [3.8, 4) is 11.5 Å². The van der Waals surface area contributed by atoms with Crippen molar-refractivity contribution < 1.29 is 28.2 Å². The fourth-order valence-electron chi connectivity index (χ4n) is 3.29. The number of aliphatic hydroxyl groups is 1. The Kier molecular flexibility index (Phi) is 6.87. The number of hydrogen-bond acceptors (Lipinski definition) is 7. The second-order valence-electron chi connectivity index (χ2n) is 7.58. The monoisotopic (exact) mass is 495 g/mol. The van der Waals surface area contributed by atoms with Gasteiger partial charge in [-0.15, -0.1) is 11.8 Å². The number of aliphatic hydroxyl groups excluding tert-OH is 1. The number of sulfone groups is 1. The summed E-state index contributed by atoms with van der Waals surface area (Å²) in [5.74, 6) is -0.446. The van der Waals surface area contributed by atoms with E-state index >= 15 is 0 Å². The van der Waals surface area contributed by atoms with Crippen LogP contribution in [0.1, 0.15) is 22.0 Å². The standard InChI is InChI=1S/C25H21NO6S2/c1-34(30,31)23-14-18(25(28)29)8-12-22(23)32-19-10-6-17(7-11-19)21(27)15-33-24-13-9-16-4-2-3-5-20(16)26-24/h2-14,21,27H,15H2,1H3,(H,28,29). The molecule has 2 N–H and O–H groups in total. The third-order valence-electron chi connectivity index (χ3n) is 5.04. The second-order valence-corrected chi connectivity index (χ2v) is 10.6. The normalized spacial score (nSPS) is 12.4. The van der Waals surface area contributed by atoms with E-state index in [-0.39, 0.29) is 16.2 Å². The largest absolute Gasteiger partial charge is 0.478 e. The van der Waals surface area contributed by atoms with E-state index < -0.39 is 21.9 Å². The van der Waals surface area contributed by atoms with Gasteiger partial charge in [-0.25, -0.2) is 18.2 Å². The molecule has 174 valence electrons. The SMILES string of the molecule is CS(=O)(=O)c1cc(C(=O)O)ccc1Oc1ccc(C(O)CSc2ccc3ccccc3n2)cc1. The molecule has 1 atom stereocenters. The fourth-order valence-corrected chi connectivity index (χ4v) is 4.95. The number of carbonyl (C=O) groups is 1. The number of carboxylic acid groups (broad SMARTS) is 1. The number of aromatic nitrogens is 1. The van der Waals surface area contributed by atoms with E-state index in [1.807, 2.05) is 36.4 Å². The Morgan fingerprint density at radius 2 is 1.76 bits per heavy atom. The molecule has 0 aliphatic carbocycles. The van der Waals surface area contributed by atoms with Gasteiger partial charge < -0.3 is 14.9 Å². The van der Waals surface area contributed by atoms with Crippen LogP contribution < -0.4 is 4.74 Å². The van der Waals surface area contributed by atoms with E-state index in [9.17, 15) is 18.3 Å². The number of aromatic carboxylic acids is 1. The van der Waals surface area contributed by atoms with Crippen LogP contribution in [0.2, 0.25) is 0 Å². The number of rotatable bonds is 8. The summed E-state index contributed by atoms with van der Waals surface area (Å²) >= 11 is 1.45. The average molecular weight is 496 g/mol. The lowest BCUT2D eigenvalue weighted by Gasteiger charge is -2.13. The van der Waals surface area contributed by atoms with Gasteiger partial charge in [-0.2, -0.15) is 0 Å². The van der Waals surface area contributed by atoms with E-state index in [0.29, 0.717) is 17.1 Å². The quantitative estimate of drug-likeness (QED) is 0.330. The lowest BCUT2D eigenvalue weighted by atomic mass is 10.1. The van der Waals surface area contributed by atoms with E-state index in [0.717, 1.165) is 28.3 Å². The van der Waals surface area contributed by atoms with Crippen LogP contribution in [-0.4, -0.2) is 41.6 Å². The maximum Gasteiger partial charge on any atom is 0.335 e. The van der Waals surface area contributed by atoms with Crippen LogP contribution in [-0.2, 0) is 9.84 Å². The molecule has 9 heteroatoms. The van der Waals surface area contributed by atoms with E-state index in [2.05, 4.69) is 4.98 Å². The molecule has 0 fully saturated rings. The fraction of sp³-hybridized carbons (Fsp3) is 0.120. The number of thioether (sulfide) groups is 1. The molecular formula is C25H21NO6S2. The molecule has 0 aliphatic rings. The third-order valence-corrected chi connectivity index (χ3v) is 7.17. The predicted octanol–water partition coefficient (Wildman–Crippen LogP) is 4.95. The summed E-state index contributed by atoms with van der Waals surface area (Å²) in [6.45, 7) is 0. The van der Waals surface area contributed by atoms with Crippen LogP contribution in [0.15, 0.2) is 88.8 Å². The Morgan fingerprint density at radius 3 is 2.47 bits per heavy atom. The van der Waals surface area contributed by atoms with Crippen molar-refractivity contribution in [3.05, 3.63) is 90.0 Å². The third kappa shape index (κ3) is 5.56. The number of carboxylic acids is 1. The molecule has 34 heavy (non-hydrogen) atoms. The van der Waals surface area contributed by atoms with Gasteiger partial charge in [0.2, 0.25) is 0 Å². The van der Waals surface area contributed by atoms with Gasteiger partial charge in [0.25, 0.3) is 0 Å². The zero-order valence-electron chi connectivity index (χ0n) is 18.1. The zero-order valence-corrected chi connectivity index (χ0v) is 19.7. The van der Waals surface area contributed by atoms with Gasteiger partial charge in [0.1, 0.15) is 16.4 Å². The first-order valence-corrected chi connectivity index (χ1v) is 13.1. The summed E-state index contributed by atoms with van der Waals surface area (Å²) < 4.78 is 29.9. The second kappa shape index (κ2) is 9.84. The lowest BCUT2D eigenvalue weighted by molar-refractivity contribution is 0.0696. The maximum atomic E-state index is 12.1. The summed E-state index contributed by atoms with van der Waals surface area (Å²) in [5.41, 5.74) is 1.42. The van der Waals surface area contributed by atoms with Crippen molar-refractivity contribution in [3.63, 3.8) is 0 Å². The highest BCUT2D eigenvalue weighted by Crippen LogP contribution is 2.31. The number of pyridine rings is 1. The number of fused-ring (bicyclic) bond motifs is 1. The van der Waals surface area contributed by atoms with Gasteiger partial charge in [-0.1, -0.05) is 36.4 Å². The summed E-state index contributed by atoms with van der Waals surface area (Å²) in [6, 6.07) is 22.0. The van der Waals surface area contributed by atoms with Crippen LogP contribution >= 0.6 is 11.8 Å². The summed E-state index contributed by atoms with van der Waals surface area (Å²) in [4.78, 5) is 15.6. The zero-order chi connectivity index (χ0) is 24.3. The van der Waals surface area contributed by atoms with Crippen molar-refractivity contribution in [2.24, 2.45) is 0 Å². The molecule has 7 nitrogen and oxygen atoms in total. The van der Waals surface area contributed by atoms with Crippen LogP contribution in [0.25, 0.3) is 10.9 Å². The summed E-state index contributed by atoms with van der Waals surface area (Å²) in [7, 11) is -3.72. The van der Waals surface area contributed by atoms with Gasteiger partial charge in [-0.05, 0) is 48.0 Å². The van der Waals surface area contributed by atoms with Crippen molar-refractivity contribution in [2.45, 2.75) is 16.0 Å². The van der Waals surface area contributed by atoms with Gasteiger partial charge in [-0.3, -0.25) is 0 Å². The smallest absolute Gasteiger partial charge is 0.335 e. The first-order chi connectivity index (χ1) is 16.2. The highest BCUT2D eigenvalue weighted by Gasteiger charge is 2.18. The molecule has 1 aromatic heterocycles.